The lowest BCUT2D eigenvalue weighted by Gasteiger charge is -2.27. The van der Waals surface area contributed by atoms with Crippen molar-refractivity contribution in [2.24, 2.45) is 0 Å². The largest absolute Gasteiger partial charge is 0.310 e. The maximum absolute atomic E-state index is 3.75. The Labute approximate surface area is 114 Å². The molecule has 0 saturated heterocycles. The highest BCUT2D eigenvalue weighted by Crippen LogP contribution is 2.22. The summed E-state index contributed by atoms with van der Waals surface area (Å²) >= 11 is 0. The van der Waals surface area contributed by atoms with Crippen LogP contribution in [-0.2, 0) is 0 Å². The third kappa shape index (κ3) is 5.53. The first-order valence-electron chi connectivity index (χ1n) is 7.96. The van der Waals surface area contributed by atoms with Gasteiger partial charge in [0, 0.05) is 6.04 Å². The number of rotatable bonds is 9. The lowest BCUT2D eigenvalue weighted by Crippen LogP contribution is -2.36. The topological polar surface area (TPSA) is 15.3 Å². The number of nitrogens with zero attached hydrogens (tertiary/aromatic N) is 1. The molecule has 1 aliphatic carbocycles. The van der Waals surface area contributed by atoms with E-state index in [9.17, 15) is 0 Å². The fraction of sp³-hybridized carbons (Fsp3) is 0.875. The molecule has 0 bridgehead atoms. The van der Waals surface area contributed by atoms with Crippen LogP contribution < -0.4 is 5.32 Å². The maximum atomic E-state index is 3.75. The summed E-state index contributed by atoms with van der Waals surface area (Å²) in [5.74, 6) is 0. The Morgan fingerprint density at radius 1 is 1.22 bits per heavy atom. The molecular weight excluding hydrogens is 220 g/mol. The summed E-state index contributed by atoms with van der Waals surface area (Å²) in [7, 11) is 0. The summed E-state index contributed by atoms with van der Waals surface area (Å²) in [5, 5.41) is 3.75. The van der Waals surface area contributed by atoms with Crippen LogP contribution in [0.15, 0.2) is 11.6 Å². The molecule has 0 spiro atoms. The van der Waals surface area contributed by atoms with Gasteiger partial charge in [0.15, 0.2) is 0 Å². The van der Waals surface area contributed by atoms with Gasteiger partial charge in [-0.05, 0) is 64.7 Å². The van der Waals surface area contributed by atoms with Crippen molar-refractivity contribution in [3.05, 3.63) is 11.6 Å². The van der Waals surface area contributed by atoms with Crippen molar-refractivity contribution in [2.45, 2.75) is 65.3 Å². The second-order valence-electron chi connectivity index (χ2n) is 5.35. The van der Waals surface area contributed by atoms with E-state index < -0.39 is 0 Å². The lowest BCUT2D eigenvalue weighted by molar-refractivity contribution is 0.286. The lowest BCUT2D eigenvalue weighted by atomic mass is 9.92. The van der Waals surface area contributed by atoms with Crippen molar-refractivity contribution < 1.29 is 0 Å². The van der Waals surface area contributed by atoms with Crippen LogP contribution >= 0.6 is 0 Å². The smallest absolute Gasteiger partial charge is 0.0291 e. The molecule has 0 aromatic carbocycles. The van der Waals surface area contributed by atoms with Crippen LogP contribution in [0.1, 0.15) is 59.3 Å². The van der Waals surface area contributed by atoms with Crippen LogP contribution in [0.3, 0.4) is 0 Å². The normalized spacial score (nSPS) is 17.9. The number of hydrogen-bond acceptors (Lipinski definition) is 2. The van der Waals surface area contributed by atoms with E-state index in [2.05, 4.69) is 37.1 Å². The monoisotopic (exact) mass is 252 g/mol. The van der Waals surface area contributed by atoms with E-state index in [0.29, 0.717) is 6.04 Å². The van der Waals surface area contributed by atoms with Crippen LogP contribution in [0.4, 0.5) is 0 Å². The number of allylic oxidation sites excluding steroid dienone is 1. The minimum absolute atomic E-state index is 0.630. The summed E-state index contributed by atoms with van der Waals surface area (Å²) in [6, 6.07) is 0.630. The van der Waals surface area contributed by atoms with Crippen molar-refractivity contribution in [3.63, 3.8) is 0 Å². The highest BCUT2D eigenvalue weighted by Gasteiger charge is 2.16. The van der Waals surface area contributed by atoms with Gasteiger partial charge in [0.05, 0.1) is 0 Å². The second-order valence-corrected chi connectivity index (χ2v) is 5.35. The van der Waals surface area contributed by atoms with E-state index in [1.807, 2.05) is 0 Å². The third-order valence-corrected chi connectivity index (χ3v) is 4.04. The fourth-order valence-corrected chi connectivity index (χ4v) is 2.77. The maximum Gasteiger partial charge on any atom is 0.0291 e. The Morgan fingerprint density at radius 3 is 2.56 bits per heavy atom. The zero-order valence-corrected chi connectivity index (χ0v) is 12.7. The summed E-state index contributed by atoms with van der Waals surface area (Å²) in [5.41, 5.74) is 1.68. The molecule has 1 N–H and O–H groups in total. The van der Waals surface area contributed by atoms with E-state index in [1.165, 1.54) is 58.2 Å². The van der Waals surface area contributed by atoms with Gasteiger partial charge in [-0.25, -0.2) is 0 Å². The Bertz CT molecular complexity index is 231. The molecule has 0 aliphatic heterocycles. The summed E-state index contributed by atoms with van der Waals surface area (Å²) in [4.78, 5) is 2.53. The molecule has 0 amide bonds. The van der Waals surface area contributed by atoms with E-state index in [1.54, 1.807) is 5.57 Å². The fourth-order valence-electron chi connectivity index (χ4n) is 2.77. The van der Waals surface area contributed by atoms with E-state index in [-0.39, 0.29) is 0 Å². The first-order chi connectivity index (χ1) is 8.81. The Hall–Kier alpha value is -0.340. The summed E-state index contributed by atoms with van der Waals surface area (Å²) < 4.78 is 0. The first-order valence-corrected chi connectivity index (χ1v) is 7.96. The molecule has 0 radical (unpaired) electrons. The van der Waals surface area contributed by atoms with Gasteiger partial charge in [-0.1, -0.05) is 32.4 Å². The predicted octanol–water partition coefficient (Wildman–Crippen LogP) is 3.59. The van der Waals surface area contributed by atoms with Crippen LogP contribution in [-0.4, -0.2) is 37.1 Å². The molecule has 0 fully saturated rings. The molecular formula is C16H32N2. The first kappa shape index (κ1) is 15.7. The molecule has 106 valence electrons. The zero-order valence-electron chi connectivity index (χ0n) is 12.7. The SMILES string of the molecule is CCCNC(CCN(CC)CC)C1=CCCCC1. The van der Waals surface area contributed by atoms with Crippen molar-refractivity contribution in [2.75, 3.05) is 26.2 Å². The van der Waals surface area contributed by atoms with Crippen LogP contribution in [0.2, 0.25) is 0 Å². The Morgan fingerprint density at radius 2 is 2.00 bits per heavy atom. The van der Waals surface area contributed by atoms with Crippen molar-refractivity contribution >= 4 is 0 Å². The molecule has 0 saturated carbocycles. The molecule has 2 heteroatoms. The standard InChI is InChI=1S/C16H32N2/c1-4-13-17-16(12-14-18(5-2)6-3)15-10-8-7-9-11-15/h10,16-17H,4-9,11-14H2,1-3H3. The number of nitrogens with one attached hydrogen (secondary N) is 1. The molecule has 0 aromatic heterocycles. The minimum Gasteiger partial charge on any atom is -0.310 e. The van der Waals surface area contributed by atoms with E-state index in [0.717, 1.165) is 6.54 Å². The summed E-state index contributed by atoms with van der Waals surface area (Å²) in [6.07, 6.45) is 10.4. The van der Waals surface area contributed by atoms with Gasteiger partial charge in [-0.15, -0.1) is 0 Å². The van der Waals surface area contributed by atoms with Gasteiger partial charge in [0.1, 0.15) is 0 Å². The van der Waals surface area contributed by atoms with E-state index >= 15 is 0 Å². The molecule has 1 rings (SSSR count). The molecule has 1 unspecified atom stereocenters. The molecule has 1 atom stereocenters. The van der Waals surface area contributed by atoms with Crippen LogP contribution in [0, 0.1) is 0 Å². The average molecular weight is 252 g/mol. The van der Waals surface area contributed by atoms with E-state index in [4.69, 9.17) is 0 Å². The molecule has 1 aliphatic rings. The Balaban J connectivity index is 2.46. The average Bonchev–Trinajstić information content (AvgIpc) is 2.44. The van der Waals surface area contributed by atoms with Gasteiger partial charge in [-0.3, -0.25) is 0 Å². The quantitative estimate of drug-likeness (QED) is 0.631. The minimum atomic E-state index is 0.630. The highest BCUT2D eigenvalue weighted by molar-refractivity contribution is 5.13. The van der Waals surface area contributed by atoms with Crippen molar-refractivity contribution in [1.29, 1.82) is 0 Å². The summed E-state index contributed by atoms with van der Waals surface area (Å²) in [6.45, 7) is 11.5. The van der Waals surface area contributed by atoms with Crippen molar-refractivity contribution in [3.8, 4) is 0 Å². The van der Waals surface area contributed by atoms with Gasteiger partial charge in [0.25, 0.3) is 0 Å². The van der Waals surface area contributed by atoms with Crippen LogP contribution in [0.5, 0.6) is 0 Å². The van der Waals surface area contributed by atoms with Crippen molar-refractivity contribution in [1.82, 2.24) is 10.2 Å². The van der Waals surface area contributed by atoms with Gasteiger partial charge in [-0.2, -0.15) is 0 Å². The molecule has 18 heavy (non-hydrogen) atoms. The second kappa shape index (κ2) is 9.57. The Kier molecular flexibility index (Phi) is 8.36. The van der Waals surface area contributed by atoms with Gasteiger partial charge >= 0.3 is 0 Å². The van der Waals surface area contributed by atoms with Crippen LogP contribution in [0.25, 0.3) is 0 Å². The van der Waals surface area contributed by atoms with Gasteiger partial charge < -0.3 is 10.2 Å². The molecule has 0 heterocycles. The van der Waals surface area contributed by atoms with Gasteiger partial charge in [0.2, 0.25) is 0 Å². The molecule has 0 aromatic rings. The predicted molar refractivity (Wildman–Crippen MR) is 81.0 cm³/mol. The third-order valence-electron chi connectivity index (χ3n) is 4.04. The molecule has 2 nitrogen and oxygen atoms in total. The zero-order chi connectivity index (χ0) is 13.2. The highest BCUT2D eigenvalue weighted by atomic mass is 15.1. The number of hydrogen-bond donors (Lipinski definition) is 1.